The monoisotopic (exact) mass is 367 g/mol. The lowest BCUT2D eigenvalue weighted by Gasteiger charge is -2.14. The Labute approximate surface area is 149 Å². The number of rotatable bonds is 5. The van der Waals surface area contributed by atoms with Gasteiger partial charge in [-0.25, -0.2) is 4.79 Å². The fourth-order valence-electron chi connectivity index (χ4n) is 2.39. The maximum Gasteiger partial charge on any atom is 0.327 e. The van der Waals surface area contributed by atoms with Gasteiger partial charge in [0.05, 0.1) is 10.7 Å². The number of urea groups is 1. The highest BCUT2D eigenvalue weighted by Gasteiger charge is 2.35. The lowest BCUT2D eigenvalue weighted by Crippen LogP contribution is -2.37. The van der Waals surface area contributed by atoms with Crippen LogP contribution in [-0.2, 0) is 19.1 Å². The summed E-state index contributed by atoms with van der Waals surface area (Å²) in [6, 6.07) is 2.99. The molecular formula is C16H18ClN3O5. The minimum absolute atomic E-state index is 0.0855. The molecule has 0 spiro atoms. The summed E-state index contributed by atoms with van der Waals surface area (Å²) in [7, 11) is 1.45. The summed E-state index contributed by atoms with van der Waals surface area (Å²) in [5, 5.41) is 2.96. The van der Waals surface area contributed by atoms with E-state index in [0.717, 1.165) is 16.0 Å². The summed E-state index contributed by atoms with van der Waals surface area (Å²) >= 11 is 6.09. The lowest BCUT2D eigenvalue weighted by atomic mass is 10.1. The number of amides is 4. The number of likely N-dealkylation sites (N-methyl/N-ethyl adjacent to an activating group) is 1. The van der Waals surface area contributed by atoms with E-state index in [1.54, 1.807) is 13.0 Å². The molecule has 1 aromatic carbocycles. The highest BCUT2D eigenvalue weighted by molar-refractivity contribution is 6.34. The number of hydrogen-bond donors (Lipinski definition) is 1. The Morgan fingerprint density at radius 3 is 2.52 bits per heavy atom. The van der Waals surface area contributed by atoms with Crippen LogP contribution in [0.1, 0.15) is 11.1 Å². The number of imide groups is 1. The molecule has 0 saturated carbocycles. The van der Waals surface area contributed by atoms with E-state index in [1.165, 1.54) is 11.9 Å². The molecule has 25 heavy (non-hydrogen) atoms. The second kappa shape index (κ2) is 7.52. The quantitative estimate of drug-likeness (QED) is 0.625. The molecule has 0 aliphatic carbocycles. The summed E-state index contributed by atoms with van der Waals surface area (Å²) in [5.41, 5.74) is 2.18. The van der Waals surface area contributed by atoms with Gasteiger partial charge in [0.25, 0.3) is 11.8 Å². The van der Waals surface area contributed by atoms with Crippen molar-refractivity contribution in [3.8, 4) is 0 Å². The molecule has 1 aromatic rings. The van der Waals surface area contributed by atoms with E-state index in [2.05, 4.69) is 5.32 Å². The number of benzene rings is 1. The molecule has 1 aliphatic rings. The number of nitrogens with one attached hydrogen (secondary N) is 1. The Kier molecular flexibility index (Phi) is 5.63. The molecule has 2 rings (SSSR count). The first-order valence-electron chi connectivity index (χ1n) is 7.46. The normalized spacial score (nSPS) is 14.1. The molecule has 0 radical (unpaired) electrons. The van der Waals surface area contributed by atoms with Crippen LogP contribution >= 0.6 is 11.6 Å². The second-order valence-corrected chi connectivity index (χ2v) is 6.17. The zero-order chi connectivity index (χ0) is 18.7. The van der Waals surface area contributed by atoms with Crippen LogP contribution in [0.5, 0.6) is 0 Å². The Morgan fingerprint density at radius 2 is 1.96 bits per heavy atom. The predicted octanol–water partition coefficient (Wildman–Crippen LogP) is 1.33. The zero-order valence-corrected chi connectivity index (χ0v) is 14.8. The van der Waals surface area contributed by atoms with Gasteiger partial charge in [0.2, 0.25) is 0 Å². The van der Waals surface area contributed by atoms with Crippen LogP contribution < -0.4 is 5.32 Å². The van der Waals surface area contributed by atoms with Crippen molar-refractivity contribution in [3.63, 3.8) is 0 Å². The molecule has 0 aromatic heterocycles. The maximum atomic E-state index is 11.9. The molecule has 9 heteroatoms. The third-order valence-electron chi connectivity index (χ3n) is 3.58. The molecule has 0 atom stereocenters. The number of anilines is 1. The van der Waals surface area contributed by atoms with E-state index in [4.69, 9.17) is 16.3 Å². The minimum atomic E-state index is -0.848. The van der Waals surface area contributed by atoms with Gasteiger partial charge in [-0.2, -0.15) is 0 Å². The fourth-order valence-corrected chi connectivity index (χ4v) is 2.76. The Balaban J connectivity index is 1.87. The van der Waals surface area contributed by atoms with Crippen LogP contribution in [0.3, 0.4) is 0 Å². The van der Waals surface area contributed by atoms with Crippen molar-refractivity contribution in [3.05, 3.63) is 28.3 Å². The minimum Gasteiger partial charge on any atom is -0.454 e. The number of esters is 1. The van der Waals surface area contributed by atoms with Crippen molar-refractivity contribution < 1.29 is 23.9 Å². The van der Waals surface area contributed by atoms with Gasteiger partial charge in [0.1, 0.15) is 13.1 Å². The molecule has 1 saturated heterocycles. The zero-order valence-electron chi connectivity index (χ0n) is 14.1. The summed E-state index contributed by atoms with van der Waals surface area (Å²) < 4.78 is 4.81. The highest BCUT2D eigenvalue weighted by atomic mass is 35.5. The first kappa shape index (κ1) is 18.7. The van der Waals surface area contributed by atoms with Crippen molar-refractivity contribution in [2.24, 2.45) is 0 Å². The number of aryl methyl sites for hydroxylation is 2. The topological polar surface area (TPSA) is 96.0 Å². The molecule has 4 amide bonds. The SMILES string of the molecule is Cc1cc(C)c(NC(=O)COC(=O)CN2C(=O)CN(C)C2=O)c(Cl)c1. The number of carbonyl (C=O) groups is 4. The first-order valence-corrected chi connectivity index (χ1v) is 7.84. The van der Waals surface area contributed by atoms with Gasteiger partial charge in [0.15, 0.2) is 6.61 Å². The fraction of sp³-hybridized carbons (Fsp3) is 0.375. The standard InChI is InChI=1S/C16H18ClN3O5/c1-9-4-10(2)15(11(17)5-9)18-12(21)8-25-14(23)7-20-13(22)6-19(3)16(20)24/h4-5H,6-8H2,1-3H3,(H,18,21). The van der Waals surface area contributed by atoms with E-state index in [0.29, 0.717) is 10.7 Å². The highest BCUT2D eigenvalue weighted by Crippen LogP contribution is 2.27. The van der Waals surface area contributed by atoms with Gasteiger partial charge in [-0.1, -0.05) is 17.7 Å². The summed E-state index contributed by atoms with van der Waals surface area (Å²) in [6.45, 7) is 2.51. The maximum absolute atomic E-state index is 11.9. The van der Waals surface area contributed by atoms with E-state index < -0.39 is 37.0 Å². The Hall–Kier alpha value is -2.61. The summed E-state index contributed by atoms with van der Waals surface area (Å²) in [4.78, 5) is 48.9. The first-order chi connectivity index (χ1) is 11.7. The van der Waals surface area contributed by atoms with Crippen LogP contribution in [0.2, 0.25) is 5.02 Å². The van der Waals surface area contributed by atoms with E-state index in [-0.39, 0.29) is 6.54 Å². The number of carbonyl (C=O) groups excluding carboxylic acids is 4. The predicted molar refractivity (Wildman–Crippen MR) is 90.3 cm³/mol. The van der Waals surface area contributed by atoms with Gasteiger partial charge >= 0.3 is 12.0 Å². The van der Waals surface area contributed by atoms with Crippen LogP contribution in [0.4, 0.5) is 10.5 Å². The Morgan fingerprint density at radius 1 is 1.28 bits per heavy atom. The molecule has 1 heterocycles. The molecule has 8 nitrogen and oxygen atoms in total. The van der Waals surface area contributed by atoms with E-state index >= 15 is 0 Å². The Bertz CT molecular complexity index is 726. The van der Waals surface area contributed by atoms with E-state index in [9.17, 15) is 19.2 Å². The number of hydrogen-bond acceptors (Lipinski definition) is 5. The molecule has 0 unspecified atom stereocenters. The van der Waals surface area contributed by atoms with Gasteiger partial charge in [0, 0.05) is 7.05 Å². The third kappa shape index (κ3) is 4.48. The van der Waals surface area contributed by atoms with Gasteiger partial charge < -0.3 is 15.0 Å². The molecule has 1 fully saturated rings. The van der Waals surface area contributed by atoms with Crippen LogP contribution in [0.15, 0.2) is 12.1 Å². The number of nitrogens with zero attached hydrogens (tertiary/aromatic N) is 2. The second-order valence-electron chi connectivity index (χ2n) is 5.77. The van der Waals surface area contributed by atoms with Crippen molar-refractivity contribution in [1.82, 2.24) is 9.80 Å². The lowest BCUT2D eigenvalue weighted by molar-refractivity contribution is -0.149. The van der Waals surface area contributed by atoms with E-state index in [1.807, 2.05) is 13.0 Å². The molecule has 1 N–H and O–H groups in total. The number of ether oxygens (including phenoxy) is 1. The van der Waals surface area contributed by atoms with Gasteiger partial charge in [-0.15, -0.1) is 0 Å². The third-order valence-corrected chi connectivity index (χ3v) is 3.88. The van der Waals surface area contributed by atoms with Crippen molar-refractivity contribution >= 4 is 41.1 Å². The summed E-state index contributed by atoms with van der Waals surface area (Å²) in [5.74, 6) is -1.91. The van der Waals surface area contributed by atoms with Crippen molar-refractivity contribution in [2.75, 3.05) is 32.1 Å². The van der Waals surface area contributed by atoms with Gasteiger partial charge in [-0.3, -0.25) is 19.3 Å². The number of halogens is 1. The smallest absolute Gasteiger partial charge is 0.327 e. The van der Waals surface area contributed by atoms with Crippen LogP contribution in [0, 0.1) is 13.8 Å². The average molecular weight is 368 g/mol. The molecular weight excluding hydrogens is 350 g/mol. The largest absolute Gasteiger partial charge is 0.454 e. The average Bonchev–Trinajstić information content (AvgIpc) is 2.75. The molecule has 0 bridgehead atoms. The summed E-state index contributed by atoms with van der Waals surface area (Å²) in [6.07, 6.45) is 0. The molecule has 134 valence electrons. The van der Waals surface area contributed by atoms with Crippen molar-refractivity contribution in [1.29, 1.82) is 0 Å². The van der Waals surface area contributed by atoms with Gasteiger partial charge in [-0.05, 0) is 31.0 Å². The van der Waals surface area contributed by atoms with Crippen molar-refractivity contribution in [2.45, 2.75) is 13.8 Å². The van der Waals surface area contributed by atoms with Crippen LogP contribution in [-0.4, -0.2) is 60.4 Å². The van der Waals surface area contributed by atoms with Crippen LogP contribution in [0.25, 0.3) is 0 Å². The molecule has 1 aliphatic heterocycles.